The topological polar surface area (TPSA) is 65.7 Å². The van der Waals surface area contributed by atoms with Crippen molar-refractivity contribution in [1.82, 2.24) is 20.7 Å². The molecule has 1 aliphatic heterocycles. The third-order valence-electron chi connectivity index (χ3n) is 4.68. The Balaban J connectivity index is 1.90. The first-order valence-corrected chi connectivity index (χ1v) is 9.63. The molecule has 0 aromatic carbocycles. The van der Waals surface area contributed by atoms with Gasteiger partial charge in [0, 0.05) is 31.6 Å². The summed E-state index contributed by atoms with van der Waals surface area (Å²) in [6.45, 7) is 7.92. The van der Waals surface area contributed by atoms with Crippen LogP contribution in [0, 0.1) is 5.92 Å². The van der Waals surface area contributed by atoms with E-state index in [-0.39, 0.29) is 5.92 Å². The quantitative estimate of drug-likeness (QED) is 0.529. The van der Waals surface area contributed by atoms with E-state index in [1.807, 2.05) is 20.8 Å². The van der Waals surface area contributed by atoms with Gasteiger partial charge in [0.1, 0.15) is 5.76 Å². The van der Waals surface area contributed by atoms with Crippen molar-refractivity contribution in [3.63, 3.8) is 0 Å². The summed E-state index contributed by atoms with van der Waals surface area (Å²) in [6, 6.07) is 0. The van der Waals surface area contributed by atoms with E-state index in [0.29, 0.717) is 38.7 Å². The number of rotatable bonds is 8. The lowest BCUT2D eigenvalue weighted by molar-refractivity contribution is -0.143. The molecule has 9 heteroatoms. The summed E-state index contributed by atoms with van der Waals surface area (Å²) in [5, 5.41) is 10.5. The molecule has 1 aromatic rings. The van der Waals surface area contributed by atoms with Gasteiger partial charge in [0.2, 0.25) is 0 Å². The second kappa shape index (κ2) is 9.96. The smallest absolute Gasteiger partial charge is 0.361 e. The largest absolute Gasteiger partial charge is 0.401 e. The van der Waals surface area contributed by atoms with E-state index in [2.05, 4.69) is 20.8 Å². The van der Waals surface area contributed by atoms with Crippen molar-refractivity contribution in [3.05, 3.63) is 17.0 Å². The molecule has 0 amide bonds. The number of guanidine groups is 1. The number of nitrogens with zero attached hydrogens (tertiary/aromatic N) is 3. The van der Waals surface area contributed by atoms with Crippen LogP contribution in [-0.2, 0) is 19.4 Å². The molecule has 0 aliphatic carbocycles. The molecular weight excluding hydrogens is 359 g/mol. The van der Waals surface area contributed by atoms with E-state index in [1.54, 1.807) is 0 Å². The Morgan fingerprint density at radius 3 is 2.67 bits per heavy atom. The second-order valence-electron chi connectivity index (χ2n) is 6.82. The summed E-state index contributed by atoms with van der Waals surface area (Å²) < 4.78 is 42.9. The average molecular weight is 389 g/mol. The number of aryl methyl sites for hydroxylation is 2. The number of likely N-dealkylation sites (tertiary alicyclic amines) is 1. The van der Waals surface area contributed by atoms with Gasteiger partial charge in [-0.3, -0.25) is 4.90 Å². The van der Waals surface area contributed by atoms with Gasteiger partial charge >= 0.3 is 6.18 Å². The van der Waals surface area contributed by atoms with Crippen LogP contribution in [0.3, 0.4) is 0 Å². The number of hydrogen-bond donors (Lipinski definition) is 2. The minimum Gasteiger partial charge on any atom is -0.361 e. The molecule has 1 aromatic heterocycles. The van der Waals surface area contributed by atoms with Crippen molar-refractivity contribution in [2.45, 2.75) is 52.8 Å². The zero-order valence-corrected chi connectivity index (χ0v) is 16.3. The SMILES string of the molecule is CCNC(=NCc1c(CC)noc1CC)NCC1CCN(CC(F)(F)F)C1. The summed E-state index contributed by atoms with van der Waals surface area (Å²) in [5.74, 6) is 1.70. The minimum absolute atomic E-state index is 0.184. The van der Waals surface area contributed by atoms with Crippen LogP contribution in [0.25, 0.3) is 0 Å². The van der Waals surface area contributed by atoms with Gasteiger partial charge in [-0.1, -0.05) is 19.0 Å². The second-order valence-corrected chi connectivity index (χ2v) is 6.82. The predicted octanol–water partition coefficient (Wildman–Crippen LogP) is 2.74. The molecule has 0 spiro atoms. The Labute approximate surface area is 158 Å². The van der Waals surface area contributed by atoms with Crippen LogP contribution in [0.4, 0.5) is 13.2 Å². The normalized spacial score (nSPS) is 18.9. The molecule has 2 N–H and O–H groups in total. The predicted molar refractivity (Wildman–Crippen MR) is 98.7 cm³/mol. The third kappa shape index (κ3) is 6.71. The van der Waals surface area contributed by atoms with Crippen LogP contribution in [0.15, 0.2) is 9.52 Å². The lowest BCUT2D eigenvalue weighted by Crippen LogP contribution is -2.40. The molecular formula is C18H30F3N5O. The van der Waals surface area contributed by atoms with Crippen LogP contribution in [0.2, 0.25) is 0 Å². The Bertz CT molecular complexity index is 593. The van der Waals surface area contributed by atoms with E-state index in [4.69, 9.17) is 4.52 Å². The van der Waals surface area contributed by atoms with E-state index < -0.39 is 12.7 Å². The fraction of sp³-hybridized carbons (Fsp3) is 0.778. The highest BCUT2D eigenvalue weighted by Crippen LogP contribution is 2.22. The molecule has 6 nitrogen and oxygen atoms in total. The summed E-state index contributed by atoms with van der Waals surface area (Å²) in [5.41, 5.74) is 1.94. The summed E-state index contributed by atoms with van der Waals surface area (Å²) in [4.78, 5) is 6.08. The molecule has 27 heavy (non-hydrogen) atoms. The molecule has 1 fully saturated rings. The van der Waals surface area contributed by atoms with Gasteiger partial charge in [-0.05, 0) is 32.2 Å². The minimum atomic E-state index is -4.13. The van der Waals surface area contributed by atoms with Gasteiger partial charge < -0.3 is 15.2 Å². The van der Waals surface area contributed by atoms with E-state index in [9.17, 15) is 13.2 Å². The summed E-state index contributed by atoms with van der Waals surface area (Å²) >= 11 is 0. The van der Waals surface area contributed by atoms with Crippen molar-refractivity contribution >= 4 is 5.96 Å². The Morgan fingerprint density at radius 1 is 1.26 bits per heavy atom. The lowest BCUT2D eigenvalue weighted by Gasteiger charge is -2.18. The summed E-state index contributed by atoms with van der Waals surface area (Å²) in [7, 11) is 0. The van der Waals surface area contributed by atoms with Crippen molar-refractivity contribution < 1.29 is 17.7 Å². The van der Waals surface area contributed by atoms with Gasteiger partial charge in [0.15, 0.2) is 5.96 Å². The number of alkyl halides is 3. The first kappa shape index (κ1) is 21.5. The molecule has 1 unspecified atom stereocenters. The third-order valence-corrected chi connectivity index (χ3v) is 4.68. The molecule has 0 bridgehead atoms. The number of aliphatic imine (C=N–C) groups is 1. The lowest BCUT2D eigenvalue weighted by atomic mass is 10.1. The van der Waals surface area contributed by atoms with E-state index in [1.165, 1.54) is 4.90 Å². The van der Waals surface area contributed by atoms with Gasteiger partial charge in [0.05, 0.1) is 18.8 Å². The maximum atomic E-state index is 12.5. The monoisotopic (exact) mass is 389 g/mol. The first-order chi connectivity index (χ1) is 12.9. The van der Waals surface area contributed by atoms with Crippen LogP contribution in [-0.4, -0.2) is 54.9 Å². The van der Waals surface area contributed by atoms with Crippen molar-refractivity contribution in [1.29, 1.82) is 0 Å². The number of nitrogens with one attached hydrogen (secondary N) is 2. The molecule has 0 radical (unpaired) electrons. The first-order valence-electron chi connectivity index (χ1n) is 9.63. The van der Waals surface area contributed by atoms with Crippen molar-refractivity contribution in [2.24, 2.45) is 10.9 Å². The van der Waals surface area contributed by atoms with Crippen molar-refractivity contribution in [3.8, 4) is 0 Å². The van der Waals surface area contributed by atoms with Crippen LogP contribution < -0.4 is 10.6 Å². The molecule has 1 aliphatic rings. The fourth-order valence-corrected chi connectivity index (χ4v) is 3.33. The maximum Gasteiger partial charge on any atom is 0.401 e. The molecule has 2 heterocycles. The van der Waals surface area contributed by atoms with Crippen LogP contribution >= 0.6 is 0 Å². The Kier molecular flexibility index (Phi) is 7.94. The molecule has 1 saturated heterocycles. The van der Waals surface area contributed by atoms with E-state index in [0.717, 1.165) is 36.3 Å². The van der Waals surface area contributed by atoms with E-state index >= 15 is 0 Å². The van der Waals surface area contributed by atoms with Gasteiger partial charge in [0.25, 0.3) is 0 Å². The van der Waals surface area contributed by atoms with Gasteiger partial charge in [-0.2, -0.15) is 13.2 Å². The highest BCUT2D eigenvalue weighted by Gasteiger charge is 2.34. The van der Waals surface area contributed by atoms with Gasteiger partial charge in [-0.15, -0.1) is 0 Å². The highest BCUT2D eigenvalue weighted by molar-refractivity contribution is 5.79. The zero-order chi connectivity index (χ0) is 19.9. The Morgan fingerprint density at radius 2 is 2.04 bits per heavy atom. The highest BCUT2D eigenvalue weighted by atomic mass is 19.4. The van der Waals surface area contributed by atoms with Gasteiger partial charge in [-0.25, -0.2) is 4.99 Å². The number of halogens is 3. The molecule has 2 rings (SSSR count). The average Bonchev–Trinajstić information content (AvgIpc) is 3.21. The molecule has 0 saturated carbocycles. The Hall–Kier alpha value is -1.77. The van der Waals surface area contributed by atoms with Crippen LogP contribution in [0.5, 0.6) is 0 Å². The fourth-order valence-electron chi connectivity index (χ4n) is 3.33. The van der Waals surface area contributed by atoms with Crippen molar-refractivity contribution in [2.75, 3.05) is 32.7 Å². The number of aromatic nitrogens is 1. The molecule has 154 valence electrons. The maximum absolute atomic E-state index is 12.5. The van der Waals surface area contributed by atoms with Crippen LogP contribution in [0.1, 0.15) is 44.2 Å². The zero-order valence-electron chi connectivity index (χ0n) is 16.3. The summed E-state index contributed by atoms with van der Waals surface area (Å²) in [6.07, 6.45) is -1.83. The molecule has 1 atom stereocenters. The standard InChI is InChI=1S/C18H30F3N5O/c1-4-15-14(16(5-2)27-25-15)10-24-17(22-6-3)23-9-13-7-8-26(11-13)12-18(19,20)21/h13H,4-12H2,1-3H3,(H2,22,23,24). The number of hydrogen-bond acceptors (Lipinski definition) is 4.